The fraction of sp³-hybridized carbons (Fsp3) is 0.656. The highest BCUT2D eigenvalue weighted by Crippen LogP contribution is 2.55. The van der Waals surface area contributed by atoms with Crippen LogP contribution >= 0.6 is 0 Å². The third-order valence-electron chi connectivity index (χ3n) is 10.1. The molecule has 6 atom stereocenters. The van der Waals surface area contributed by atoms with E-state index in [1.54, 1.807) is 36.3 Å². The number of fused-ring (bicyclic) bond motifs is 1. The molecule has 1 aliphatic carbocycles. The monoisotopic (exact) mass is 564 g/mol. The van der Waals surface area contributed by atoms with Crippen LogP contribution in [0.2, 0.25) is 0 Å². The molecule has 1 saturated carbocycles. The second kappa shape index (κ2) is 11.8. The number of hydrogen-bond donors (Lipinski definition) is 2. The van der Waals surface area contributed by atoms with Gasteiger partial charge in [0.2, 0.25) is 17.7 Å². The summed E-state index contributed by atoms with van der Waals surface area (Å²) in [5, 5.41) is 6.27. The van der Waals surface area contributed by atoms with E-state index in [0.717, 1.165) is 51.6 Å². The zero-order chi connectivity index (χ0) is 28.6. The Morgan fingerprint density at radius 1 is 1.02 bits per heavy atom. The Morgan fingerprint density at radius 3 is 2.51 bits per heavy atom. The number of anilines is 1. The van der Waals surface area contributed by atoms with E-state index in [1.165, 1.54) is 19.3 Å². The molecule has 9 nitrogen and oxygen atoms in total. The summed E-state index contributed by atoms with van der Waals surface area (Å²) < 4.78 is 11.8. The molecule has 3 saturated heterocycles. The third kappa shape index (κ3) is 5.16. The highest BCUT2D eigenvalue weighted by molar-refractivity contribution is 6.02. The van der Waals surface area contributed by atoms with E-state index >= 15 is 0 Å². The number of hydrogen-bond acceptors (Lipinski definition) is 6. The molecule has 0 aromatic heterocycles. The van der Waals surface area contributed by atoms with Crippen molar-refractivity contribution < 1.29 is 23.9 Å². The normalized spacial score (nSPS) is 33.2. The van der Waals surface area contributed by atoms with Crippen LogP contribution in [0, 0.1) is 11.8 Å². The van der Waals surface area contributed by atoms with Crippen LogP contribution in [0.4, 0.5) is 5.69 Å². The van der Waals surface area contributed by atoms with Crippen molar-refractivity contribution in [3.63, 3.8) is 0 Å². The van der Waals surface area contributed by atoms with E-state index in [4.69, 9.17) is 9.47 Å². The van der Waals surface area contributed by atoms with E-state index in [1.807, 2.05) is 12.2 Å². The van der Waals surface area contributed by atoms with Gasteiger partial charge in [-0.25, -0.2) is 0 Å². The molecule has 1 spiro atoms. The van der Waals surface area contributed by atoms with Crippen molar-refractivity contribution in [2.45, 2.75) is 94.5 Å². The predicted molar refractivity (Wildman–Crippen MR) is 155 cm³/mol. The highest BCUT2D eigenvalue weighted by atomic mass is 16.5. The Kier molecular flexibility index (Phi) is 8.10. The number of ether oxygens (including phenoxy) is 2. The standard InChI is InChI=1S/C32H44N4O5/c1-3-23-11-7-8-18-35(23)19-20-36-28(30(38)34-21-9-5-4-6-10-21)32-17-16-25(41-32)26(27(32)31(36)39)29(37)33-22-12-14-24(40-2)15-13-22/h12-17,21,23,25-28H,3-11,18-20H2,1-2H3,(H,33,37)(H,34,38)/t23?,25-,26?,27-,28?,32?/m0/s1. The van der Waals surface area contributed by atoms with Crippen molar-refractivity contribution in [3.8, 4) is 5.75 Å². The Balaban J connectivity index is 1.26. The number of nitrogens with zero attached hydrogens (tertiary/aromatic N) is 2. The fourth-order valence-electron chi connectivity index (χ4n) is 7.99. The number of nitrogens with one attached hydrogen (secondary N) is 2. The Bertz CT molecular complexity index is 1170. The maximum Gasteiger partial charge on any atom is 0.246 e. The number of piperidine rings is 1. The maximum absolute atomic E-state index is 14.3. The van der Waals surface area contributed by atoms with Crippen molar-refractivity contribution in [1.82, 2.24) is 15.1 Å². The number of rotatable bonds is 9. The molecule has 5 aliphatic rings. The second-order valence-corrected chi connectivity index (χ2v) is 12.4. The Morgan fingerprint density at radius 2 is 1.78 bits per heavy atom. The molecule has 1 aromatic carbocycles. The van der Waals surface area contributed by atoms with Crippen LogP contribution in [0.15, 0.2) is 36.4 Å². The Hall–Kier alpha value is -2.91. The Labute approximate surface area is 243 Å². The van der Waals surface area contributed by atoms with Crippen LogP contribution in [-0.2, 0) is 19.1 Å². The lowest BCUT2D eigenvalue weighted by Gasteiger charge is -2.38. The predicted octanol–water partition coefficient (Wildman–Crippen LogP) is 3.50. The minimum absolute atomic E-state index is 0.118. The molecule has 4 unspecified atom stereocenters. The summed E-state index contributed by atoms with van der Waals surface area (Å²) in [7, 11) is 1.60. The van der Waals surface area contributed by atoms with Crippen LogP contribution in [0.3, 0.4) is 0 Å². The summed E-state index contributed by atoms with van der Waals surface area (Å²) in [5.41, 5.74) is -0.504. The zero-order valence-corrected chi connectivity index (χ0v) is 24.3. The maximum atomic E-state index is 14.3. The minimum atomic E-state index is -1.13. The van der Waals surface area contributed by atoms with Gasteiger partial charge in [0, 0.05) is 30.9 Å². The first-order valence-electron chi connectivity index (χ1n) is 15.6. The summed E-state index contributed by atoms with van der Waals surface area (Å²) in [6, 6.07) is 6.96. The van der Waals surface area contributed by atoms with Gasteiger partial charge in [0.05, 0.1) is 25.0 Å². The molecule has 222 valence electrons. The summed E-state index contributed by atoms with van der Waals surface area (Å²) in [6.07, 6.45) is 13.2. The van der Waals surface area contributed by atoms with Gasteiger partial charge in [-0.1, -0.05) is 44.8 Å². The summed E-state index contributed by atoms with van der Waals surface area (Å²) in [6.45, 7) is 4.40. The number of methoxy groups -OCH3 is 1. The number of benzene rings is 1. The molecule has 41 heavy (non-hydrogen) atoms. The lowest BCUT2D eigenvalue weighted by Crippen LogP contribution is -2.57. The van der Waals surface area contributed by atoms with Gasteiger partial charge in [-0.15, -0.1) is 0 Å². The third-order valence-corrected chi connectivity index (χ3v) is 10.1. The molecule has 9 heteroatoms. The van der Waals surface area contributed by atoms with E-state index in [-0.39, 0.29) is 23.8 Å². The number of carbonyl (C=O) groups excluding carboxylic acids is 3. The number of likely N-dealkylation sites (tertiary alicyclic amines) is 2. The van der Waals surface area contributed by atoms with Crippen LogP contribution in [0.5, 0.6) is 5.75 Å². The average Bonchev–Trinajstić information content (AvgIpc) is 3.64. The van der Waals surface area contributed by atoms with Gasteiger partial charge in [-0.05, 0) is 62.9 Å². The first-order chi connectivity index (χ1) is 19.9. The van der Waals surface area contributed by atoms with Crippen LogP contribution in [0.25, 0.3) is 0 Å². The van der Waals surface area contributed by atoms with E-state index in [0.29, 0.717) is 24.0 Å². The minimum Gasteiger partial charge on any atom is -0.497 e. The molecule has 3 amide bonds. The van der Waals surface area contributed by atoms with Crippen molar-refractivity contribution in [2.75, 3.05) is 32.1 Å². The summed E-state index contributed by atoms with van der Waals surface area (Å²) in [5.74, 6) is -1.31. The van der Waals surface area contributed by atoms with Crippen molar-refractivity contribution in [2.24, 2.45) is 11.8 Å². The summed E-state index contributed by atoms with van der Waals surface area (Å²) >= 11 is 0. The molecule has 4 aliphatic heterocycles. The van der Waals surface area contributed by atoms with E-state index in [9.17, 15) is 14.4 Å². The lowest BCUT2D eigenvalue weighted by molar-refractivity contribution is -0.141. The first-order valence-corrected chi connectivity index (χ1v) is 15.6. The molecule has 6 rings (SSSR count). The van der Waals surface area contributed by atoms with Crippen LogP contribution < -0.4 is 15.4 Å². The SMILES string of the molecule is CCC1CCCCN1CCN1C(=O)[C@@H]2C(C(=O)Nc3ccc(OC)cc3)[C@@H]3C=CC2(O3)C1C(=O)NC1CCCCC1. The number of carbonyl (C=O) groups is 3. The fourth-order valence-corrected chi connectivity index (χ4v) is 7.99. The van der Waals surface area contributed by atoms with Crippen LogP contribution in [-0.4, -0.2) is 84.1 Å². The van der Waals surface area contributed by atoms with Crippen molar-refractivity contribution in [3.05, 3.63) is 36.4 Å². The molecule has 2 bridgehead atoms. The van der Waals surface area contributed by atoms with Gasteiger partial charge in [0.1, 0.15) is 17.4 Å². The summed E-state index contributed by atoms with van der Waals surface area (Å²) in [4.78, 5) is 46.2. The van der Waals surface area contributed by atoms with Gasteiger partial charge in [0.15, 0.2) is 0 Å². The smallest absolute Gasteiger partial charge is 0.246 e. The van der Waals surface area contributed by atoms with Crippen LogP contribution in [0.1, 0.15) is 64.7 Å². The molecule has 4 fully saturated rings. The quantitative estimate of drug-likeness (QED) is 0.446. The number of amides is 3. The molecule has 4 heterocycles. The topological polar surface area (TPSA) is 100 Å². The van der Waals surface area contributed by atoms with Gasteiger partial charge in [-0.3, -0.25) is 19.3 Å². The molecular formula is C32H44N4O5. The first kappa shape index (κ1) is 28.2. The average molecular weight is 565 g/mol. The largest absolute Gasteiger partial charge is 0.497 e. The van der Waals surface area contributed by atoms with E-state index in [2.05, 4.69) is 22.5 Å². The van der Waals surface area contributed by atoms with Gasteiger partial charge >= 0.3 is 0 Å². The molecule has 2 N–H and O–H groups in total. The van der Waals surface area contributed by atoms with Gasteiger partial charge in [-0.2, -0.15) is 0 Å². The second-order valence-electron chi connectivity index (χ2n) is 12.4. The van der Waals surface area contributed by atoms with Crippen molar-refractivity contribution in [1.29, 1.82) is 0 Å². The van der Waals surface area contributed by atoms with Crippen molar-refractivity contribution >= 4 is 23.4 Å². The molecular weight excluding hydrogens is 520 g/mol. The lowest BCUT2D eigenvalue weighted by atomic mass is 9.74. The molecule has 0 radical (unpaired) electrons. The molecule has 1 aromatic rings. The van der Waals surface area contributed by atoms with Gasteiger partial charge < -0.3 is 25.0 Å². The zero-order valence-electron chi connectivity index (χ0n) is 24.3. The highest BCUT2D eigenvalue weighted by Gasteiger charge is 2.72. The van der Waals surface area contributed by atoms with Gasteiger partial charge in [0.25, 0.3) is 0 Å². The van der Waals surface area contributed by atoms with E-state index < -0.39 is 29.6 Å².